The summed E-state index contributed by atoms with van der Waals surface area (Å²) in [6, 6.07) is 2.64. The molecule has 0 aliphatic carbocycles. The predicted molar refractivity (Wildman–Crippen MR) is 503 cm³/mol. The van der Waals surface area contributed by atoms with Crippen molar-refractivity contribution in [2.45, 2.75) is 119 Å². The van der Waals surface area contributed by atoms with E-state index >= 15 is 0 Å². The van der Waals surface area contributed by atoms with Crippen LogP contribution in [0.15, 0.2) is 43.8 Å². The summed E-state index contributed by atoms with van der Waals surface area (Å²) in [5.74, 6) is -18.1. The monoisotopic (exact) mass is 2900 g/mol. The molecule has 2 aliphatic rings. The molecule has 3 atom stereocenters. The number of carbonyl (C=O) groups is 4. The first kappa shape index (κ1) is 212. The third-order valence-corrected chi connectivity index (χ3v) is 17.3. The van der Waals surface area contributed by atoms with Crippen LogP contribution in [0.2, 0.25) is 5.15 Å². The molecule has 8 rings (SSSR count). The molecule has 1 saturated heterocycles. The average Bonchev–Trinajstić information content (AvgIpc) is 1.56. The number of rotatable bonds is 20. The summed E-state index contributed by atoms with van der Waals surface area (Å²) in [5.41, 5.74) is -4.71. The van der Waals surface area contributed by atoms with Crippen molar-refractivity contribution in [2.75, 3.05) is 95.9 Å². The Morgan fingerprint density at radius 2 is 0.826 bits per heavy atom. The van der Waals surface area contributed by atoms with Gasteiger partial charge in [0, 0.05) is 25.2 Å². The van der Waals surface area contributed by atoms with Crippen molar-refractivity contribution >= 4 is 850 Å². The number of alkyl halides is 17. The zero-order chi connectivity index (χ0) is 113. The van der Waals surface area contributed by atoms with Crippen LogP contribution in [0.5, 0.6) is 23.5 Å². The minimum absolute atomic E-state index is 0. The van der Waals surface area contributed by atoms with E-state index in [9.17, 15) is 133 Å². The van der Waals surface area contributed by atoms with E-state index in [0.717, 1.165) is 85.5 Å². The molecule has 0 bridgehead atoms. The van der Waals surface area contributed by atoms with Crippen molar-refractivity contribution in [1.29, 1.82) is 0 Å². The number of ether oxygens (including phenoxy) is 6. The van der Waals surface area contributed by atoms with Gasteiger partial charge in [0.1, 0.15) is 17.2 Å². The first-order chi connectivity index (χ1) is 65.6. The van der Waals surface area contributed by atoms with Gasteiger partial charge in [0.05, 0.1) is 59.4 Å². The van der Waals surface area contributed by atoms with Gasteiger partial charge in [-0.1, -0.05) is 80.6 Å². The molecular weight excluding hydrogens is 2840 g/mol. The Labute approximate surface area is 1560 Å². The molecule has 144 heavy (non-hydrogen) atoms. The topological polar surface area (TPSA) is 332 Å². The molecule has 2 N–H and O–H groups in total. The molecule has 6 aromatic rings. The summed E-state index contributed by atoms with van der Waals surface area (Å²) in [5, 5.41) is -2.42. The summed E-state index contributed by atoms with van der Waals surface area (Å²) in [4.78, 5) is 82.4. The second kappa shape index (κ2) is 133. The average molecular weight is 2900 g/mol. The van der Waals surface area contributed by atoms with Gasteiger partial charge in [0.15, 0.2) is 73.3 Å². The Hall–Kier alpha value is 36.6. The Morgan fingerprint density at radius 1 is 0.500 bits per heavy atom. The van der Waals surface area contributed by atoms with Crippen molar-refractivity contribution in [2.24, 2.45) is 16.6 Å². The summed E-state index contributed by atoms with van der Waals surface area (Å²) < 4.78 is 357. The number of methoxy groups -OCH3 is 3. The number of esters is 2. The molecular formula is C61H67ClF24K28N14O12S4. The number of ketones is 1. The van der Waals surface area contributed by atoms with E-state index in [2.05, 4.69) is 78.5 Å². The van der Waals surface area contributed by atoms with Crippen LogP contribution < -0.4 is 235 Å². The van der Waals surface area contributed by atoms with Crippen molar-refractivity contribution in [3.63, 3.8) is 0 Å². The van der Waals surface area contributed by atoms with Gasteiger partial charge in [0.2, 0.25) is 45.0 Å². The van der Waals surface area contributed by atoms with Crippen LogP contribution in [0, 0.1) is 46.6 Å². The Morgan fingerprint density at radius 3 is 1.14 bits per heavy atom. The number of fused-ring (bicyclic) bond motifs is 1. The number of Topliss-reactive ketones (excluding diaryl/α,β-unsaturated/α-hetero) is 1. The van der Waals surface area contributed by atoms with Gasteiger partial charge in [-0.15, -0.1) is 0 Å². The Bertz CT molecular complexity index is 4640. The van der Waals surface area contributed by atoms with Crippen molar-refractivity contribution in [1.82, 2.24) is 54.7 Å². The number of nitrogens with two attached hydrogens (primary N) is 1. The zero-order valence-corrected chi connectivity index (χ0v) is 181. The number of sulfone groups is 1. The number of benzene rings is 1. The van der Waals surface area contributed by atoms with Crippen LogP contribution >= 0.6 is 46.9 Å². The van der Waals surface area contributed by atoms with Gasteiger partial charge < -0.3 is 44.8 Å². The number of amides is 1. The van der Waals surface area contributed by atoms with Crippen LogP contribution in [0.4, 0.5) is 111 Å². The van der Waals surface area contributed by atoms with E-state index < -0.39 is 210 Å². The molecule has 680 valence electrons. The molecule has 1 amide bonds. The van der Waals surface area contributed by atoms with E-state index in [1.807, 2.05) is 0 Å². The van der Waals surface area contributed by atoms with E-state index in [0.29, 0.717) is 23.3 Å². The first-order valence-corrected chi connectivity index (χ1v) is 241. The van der Waals surface area contributed by atoms with Crippen LogP contribution in [-0.4, -0.2) is 948 Å². The molecule has 83 heteroatoms. The van der Waals surface area contributed by atoms with E-state index in [-0.39, 0.29) is 265 Å². The van der Waals surface area contributed by atoms with Crippen LogP contribution in [0.1, 0.15) is 95.1 Å². The van der Waals surface area contributed by atoms with Gasteiger partial charge in [-0.05, 0) is 51.0 Å². The van der Waals surface area contributed by atoms with E-state index in [4.69, 9.17) is 22.1 Å². The summed E-state index contributed by atoms with van der Waals surface area (Å²) in [6.45, 7) is 10.7. The fourth-order valence-electron chi connectivity index (χ4n) is 8.37. The maximum atomic E-state index is 14.8. The molecule has 2 aliphatic heterocycles. The minimum atomic E-state index is -5.17. The molecule has 1 fully saturated rings. The second-order valence-corrected chi connectivity index (χ2v) is 27.3. The molecule has 1 aromatic carbocycles. The van der Waals surface area contributed by atoms with Crippen molar-refractivity contribution in [3.05, 3.63) is 98.1 Å². The third kappa shape index (κ3) is 94.2. The Kier molecular flexibility index (Phi) is 196. The summed E-state index contributed by atoms with van der Waals surface area (Å²) in [6.07, 6.45) is -27.0. The number of halogens is 25. The first-order valence-electron chi connectivity index (χ1n) is 43.7. The number of thioether (sulfide) groups is 3. The van der Waals surface area contributed by atoms with E-state index in [1.54, 1.807) is 34.6 Å². The van der Waals surface area contributed by atoms with Gasteiger partial charge in [0.25, 0.3) is 34.8 Å². The van der Waals surface area contributed by atoms with E-state index in [1.165, 1.54) is 779 Å². The van der Waals surface area contributed by atoms with Crippen LogP contribution in [0.3, 0.4) is 0 Å². The quantitative estimate of drug-likeness (QED) is 0.0141. The number of carbonyl (C=O) groups excluding carboxylic acids is 4. The SMILES string of the molecule is CCOC(=O)C(F)C(C)=O.CCOC(=O)CF.CCOc1nc(SCC)nc(C(F)(F)F)c1F.CCS(=O)(=O)c1nc(OC)c(F)c(C(F)(F)F)n1.CCSc1nc(Cl)c(F)c(C(F)(F)F)n1.CCSc1nc(OC)c(F)c(C(F)(F)F)n1.COc1nc(N2C[C@H]3C(=O)N(C)C(N)=N[C@@]3(c3ccc(F)cc3F)C2)nc(C(F)(F)F)c1F.[H-].[H-].[H-].[H-].[K+].[K+].[K+].[K+].[K][K].[K][K].[K][K].[K][K].[K][K].[K][K].[K][K].[K][K].[K][K].[K][K].[K][K].[K][K]. The molecule has 26 nitrogen and oxygen atoms in total. The summed E-state index contributed by atoms with van der Waals surface area (Å²) >= 11 is 38.1. The zero-order valence-electron chi connectivity index (χ0n) is 93.3. The van der Waals surface area contributed by atoms with Gasteiger partial charge in [-0.3, -0.25) is 14.5 Å². The van der Waals surface area contributed by atoms with Crippen molar-refractivity contribution < 1.29 is 373 Å². The standard InChI is InChI=1S/C19H16F6N6O2.C9H10F4N2OS.C8H8F4N2O3S.C8H8F4N2OS.C7H5ClF4N2S.C6H9FO3.C4H7FO2.28K.4H/c1-30-15(32)10-6-31(17-27-13(19(23,24)25)12(22)14(28-17)33-2)7-18(10,29-16(30)26)9-4-3-8(20)5-11(9)21;1-3-16-7-5(10)6(9(11,12)13)14-8(15-7)17-4-2;1-3-18(15,16)7-13-5(8(10,11)12)4(9)6(14-7)17-2;1-3-16-7-13-5(8(10,11)12)4(9)6(14-7)15-2;1-2-15-6-13-4(7(10,11)12)3(9)5(8)14-6;1-3-10-6(9)5(7)4(2)8;1-2-7-4(6)3-5;;;;;;;;;;;;;;;;;;;;;;;;;;;;;;;;/h3-5,10H,6-7H2,1-2H3,(H2,26,29);3-4H2,1-2H3;3H2,1-2H3;3H2,1-2H3;2H2,1H3;5H,3H2,1-2H3;2-3H2,1H3;;;;;;;;;;;;;;;;;;;;;;;;;;;;;;;;/q;;;;;;;;;;;;;;;;;;;;;;;;;;;;;;;4*+1;4*-1/t10-,18+;;;;;;;;;;;;;;;;;;;;;;;;;;;;;;;;;;;;;;/m0....................................../s1. The Balaban J connectivity index is -0.0000000763. The van der Waals surface area contributed by atoms with Gasteiger partial charge >= 0.3 is 1010 Å². The number of anilines is 1. The second-order valence-electron chi connectivity index (χ2n) is 21.1. The molecule has 5 aromatic heterocycles. The molecule has 0 radical (unpaired) electrons. The van der Waals surface area contributed by atoms with Crippen LogP contribution in [0.25, 0.3) is 0 Å². The fraction of sp³-hybridized carbons (Fsp3) is 0.492. The number of nitrogens with zero attached hydrogens (tertiary/aromatic N) is 13. The van der Waals surface area contributed by atoms with Crippen molar-refractivity contribution in [3.8, 4) is 23.5 Å². The number of aromatic nitrogens is 10. The van der Waals surface area contributed by atoms with Gasteiger partial charge in [-0.25, -0.2) is 74.9 Å². The summed E-state index contributed by atoms with van der Waals surface area (Å²) in [7, 11) is 0.0732. The molecule has 7 heterocycles. The molecule has 0 saturated carbocycles. The fourth-order valence-corrected chi connectivity index (χ4v) is 11.0. The van der Waals surface area contributed by atoms with Gasteiger partial charge in [-0.2, -0.15) is 103 Å². The van der Waals surface area contributed by atoms with Crippen LogP contribution in [-0.2, 0) is 74.9 Å². The molecule has 0 spiro atoms. The number of hydrogen-bond donors (Lipinski definition) is 1. The third-order valence-electron chi connectivity index (χ3n) is 13.3. The maximum absolute atomic E-state index is 14.8. The predicted octanol–water partition coefficient (Wildman–Crippen LogP) is -6.90. The number of aliphatic imine (C=N–C) groups is 1. The number of guanidine groups is 1. The number of hydrogen-bond acceptors (Lipinski definition) is 28. The molecule has 1 unspecified atom stereocenters. The normalized spacial score (nSPS) is 12.7.